The van der Waals surface area contributed by atoms with Gasteiger partial charge in [0, 0.05) is 5.92 Å². The zero-order valence-electron chi connectivity index (χ0n) is 8.03. The first-order valence-corrected chi connectivity index (χ1v) is 5.60. The van der Waals surface area contributed by atoms with Gasteiger partial charge < -0.3 is 10.1 Å². The summed E-state index contributed by atoms with van der Waals surface area (Å²) >= 11 is 1.67. The van der Waals surface area contributed by atoms with E-state index in [9.17, 15) is 4.79 Å². The molecular formula is C10H13NO2S. The summed E-state index contributed by atoms with van der Waals surface area (Å²) in [6, 6.07) is 1.92. The molecule has 2 rings (SSSR count). The standard InChI is InChI=1S/C10H13NO2S/c1-13-10(12)9-8(2-4-11-9)7-3-5-14-6-7/h3,5-6,8-9,11H,2,4H2,1H3/t8-,9-/m0/s1. The number of ether oxygens (including phenoxy) is 1. The van der Waals surface area contributed by atoms with E-state index in [1.54, 1.807) is 11.3 Å². The predicted molar refractivity (Wildman–Crippen MR) is 55.5 cm³/mol. The summed E-state index contributed by atoms with van der Waals surface area (Å²) in [6.07, 6.45) is 1.01. The van der Waals surface area contributed by atoms with E-state index in [-0.39, 0.29) is 17.9 Å². The lowest BCUT2D eigenvalue weighted by Gasteiger charge is -2.15. The topological polar surface area (TPSA) is 38.3 Å². The Morgan fingerprint density at radius 1 is 1.71 bits per heavy atom. The van der Waals surface area contributed by atoms with Crippen LogP contribution in [-0.2, 0) is 9.53 Å². The van der Waals surface area contributed by atoms with Gasteiger partial charge >= 0.3 is 5.97 Å². The minimum absolute atomic E-state index is 0.154. The van der Waals surface area contributed by atoms with Crippen LogP contribution in [0.3, 0.4) is 0 Å². The number of nitrogens with one attached hydrogen (secondary N) is 1. The van der Waals surface area contributed by atoms with Gasteiger partial charge in [-0.25, -0.2) is 0 Å². The molecule has 2 atom stereocenters. The molecule has 1 saturated heterocycles. The molecule has 2 heterocycles. The van der Waals surface area contributed by atoms with Crippen molar-refractivity contribution in [2.45, 2.75) is 18.4 Å². The first-order valence-electron chi connectivity index (χ1n) is 4.66. The molecule has 0 unspecified atom stereocenters. The Hall–Kier alpha value is -0.870. The van der Waals surface area contributed by atoms with E-state index >= 15 is 0 Å². The van der Waals surface area contributed by atoms with Crippen molar-refractivity contribution in [2.75, 3.05) is 13.7 Å². The minimum atomic E-state index is -0.158. The molecule has 14 heavy (non-hydrogen) atoms. The van der Waals surface area contributed by atoms with Crippen LogP contribution in [0.25, 0.3) is 0 Å². The maximum atomic E-state index is 11.4. The first-order chi connectivity index (χ1) is 6.83. The van der Waals surface area contributed by atoms with Crippen molar-refractivity contribution in [3.05, 3.63) is 22.4 Å². The van der Waals surface area contributed by atoms with Gasteiger partial charge in [-0.05, 0) is 35.4 Å². The van der Waals surface area contributed by atoms with E-state index in [1.807, 2.05) is 5.38 Å². The smallest absolute Gasteiger partial charge is 0.323 e. The Kier molecular flexibility index (Phi) is 2.84. The number of hydrogen-bond donors (Lipinski definition) is 1. The molecule has 1 aromatic rings. The fraction of sp³-hybridized carbons (Fsp3) is 0.500. The molecule has 4 heteroatoms. The second-order valence-corrected chi connectivity index (χ2v) is 4.19. The van der Waals surface area contributed by atoms with Gasteiger partial charge in [-0.3, -0.25) is 4.79 Å². The van der Waals surface area contributed by atoms with Gasteiger partial charge in [-0.2, -0.15) is 11.3 Å². The molecular weight excluding hydrogens is 198 g/mol. The van der Waals surface area contributed by atoms with Gasteiger partial charge in [-0.1, -0.05) is 0 Å². The van der Waals surface area contributed by atoms with Crippen LogP contribution < -0.4 is 5.32 Å². The third-order valence-electron chi connectivity index (χ3n) is 2.65. The molecule has 1 aliphatic rings. The molecule has 0 radical (unpaired) electrons. The van der Waals surface area contributed by atoms with Crippen molar-refractivity contribution in [1.29, 1.82) is 0 Å². The van der Waals surface area contributed by atoms with Gasteiger partial charge in [0.2, 0.25) is 0 Å². The van der Waals surface area contributed by atoms with Gasteiger partial charge in [0.1, 0.15) is 6.04 Å². The number of esters is 1. The summed E-state index contributed by atoms with van der Waals surface area (Å²) in [5.41, 5.74) is 1.25. The monoisotopic (exact) mass is 211 g/mol. The van der Waals surface area contributed by atoms with Crippen LogP contribution in [0.1, 0.15) is 17.9 Å². The molecule has 76 valence electrons. The SMILES string of the molecule is COC(=O)[C@H]1NCC[C@H]1c1ccsc1. The molecule has 1 aliphatic heterocycles. The number of methoxy groups -OCH3 is 1. The molecule has 0 aromatic carbocycles. The molecule has 1 N–H and O–H groups in total. The molecule has 0 spiro atoms. The first kappa shape index (κ1) is 9.68. The van der Waals surface area contributed by atoms with Crippen LogP contribution in [0.4, 0.5) is 0 Å². The lowest BCUT2D eigenvalue weighted by atomic mass is 9.94. The van der Waals surface area contributed by atoms with Crippen molar-refractivity contribution >= 4 is 17.3 Å². The fourth-order valence-electron chi connectivity index (χ4n) is 1.92. The largest absolute Gasteiger partial charge is 0.468 e. The zero-order chi connectivity index (χ0) is 9.97. The fourth-order valence-corrected chi connectivity index (χ4v) is 2.65. The summed E-state index contributed by atoms with van der Waals surface area (Å²) in [7, 11) is 1.44. The summed E-state index contributed by atoms with van der Waals surface area (Å²) < 4.78 is 4.76. The van der Waals surface area contributed by atoms with E-state index in [0.717, 1.165) is 13.0 Å². The predicted octanol–water partition coefficient (Wildman–Crippen LogP) is 1.37. The number of thiophene rings is 1. The Labute approximate surface area is 87.1 Å². The van der Waals surface area contributed by atoms with Crippen molar-refractivity contribution in [1.82, 2.24) is 5.32 Å². The molecule has 0 bridgehead atoms. The highest BCUT2D eigenvalue weighted by atomic mass is 32.1. The van der Waals surface area contributed by atoms with Crippen molar-refractivity contribution in [3.8, 4) is 0 Å². The van der Waals surface area contributed by atoms with E-state index in [4.69, 9.17) is 4.74 Å². The summed E-state index contributed by atoms with van der Waals surface area (Å²) in [5.74, 6) is 0.132. The second-order valence-electron chi connectivity index (χ2n) is 3.41. The maximum absolute atomic E-state index is 11.4. The van der Waals surface area contributed by atoms with Crippen molar-refractivity contribution in [2.24, 2.45) is 0 Å². The molecule has 1 aromatic heterocycles. The van der Waals surface area contributed by atoms with Gasteiger partial charge in [0.25, 0.3) is 0 Å². The summed E-state index contributed by atoms with van der Waals surface area (Å²) in [6.45, 7) is 0.889. The number of carbonyl (C=O) groups is 1. The molecule has 0 aliphatic carbocycles. The number of rotatable bonds is 2. The minimum Gasteiger partial charge on any atom is -0.468 e. The van der Waals surface area contributed by atoms with E-state index in [2.05, 4.69) is 16.8 Å². The number of hydrogen-bond acceptors (Lipinski definition) is 4. The summed E-state index contributed by atoms with van der Waals surface area (Å²) in [4.78, 5) is 11.4. The molecule has 3 nitrogen and oxygen atoms in total. The third kappa shape index (κ3) is 1.67. The van der Waals surface area contributed by atoms with Crippen LogP contribution >= 0.6 is 11.3 Å². The van der Waals surface area contributed by atoms with Crippen molar-refractivity contribution in [3.63, 3.8) is 0 Å². The highest BCUT2D eigenvalue weighted by molar-refractivity contribution is 7.08. The summed E-state index contributed by atoms with van der Waals surface area (Å²) in [5, 5.41) is 7.32. The van der Waals surface area contributed by atoms with Crippen LogP contribution in [0, 0.1) is 0 Å². The van der Waals surface area contributed by atoms with Gasteiger partial charge in [-0.15, -0.1) is 0 Å². The van der Waals surface area contributed by atoms with Gasteiger partial charge in [0.05, 0.1) is 7.11 Å². The number of carbonyl (C=O) groups excluding carboxylic acids is 1. The molecule has 0 saturated carbocycles. The van der Waals surface area contributed by atoms with E-state index in [0.29, 0.717) is 0 Å². The average molecular weight is 211 g/mol. The second kappa shape index (κ2) is 4.11. The van der Waals surface area contributed by atoms with Gasteiger partial charge in [0.15, 0.2) is 0 Å². The zero-order valence-corrected chi connectivity index (χ0v) is 8.84. The van der Waals surface area contributed by atoms with Crippen LogP contribution in [-0.4, -0.2) is 25.7 Å². The average Bonchev–Trinajstić information content (AvgIpc) is 2.85. The quantitative estimate of drug-likeness (QED) is 0.751. The normalized spacial score (nSPS) is 26.4. The maximum Gasteiger partial charge on any atom is 0.323 e. The van der Waals surface area contributed by atoms with E-state index in [1.165, 1.54) is 12.7 Å². The van der Waals surface area contributed by atoms with Crippen LogP contribution in [0.2, 0.25) is 0 Å². The Morgan fingerprint density at radius 2 is 2.57 bits per heavy atom. The van der Waals surface area contributed by atoms with Crippen molar-refractivity contribution < 1.29 is 9.53 Å². The Balaban J connectivity index is 2.15. The third-order valence-corrected chi connectivity index (χ3v) is 3.35. The van der Waals surface area contributed by atoms with Crippen LogP contribution in [0.5, 0.6) is 0 Å². The highest BCUT2D eigenvalue weighted by Gasteiger charge is 2.34. The van der Waals surface area contributed by atoms with Crippen LogP contribution in [0.15, 0.2) is 16.8 Å². The Bertz CT molecular complexity index is 310. The lowest BCUT2D eigenvalue weighted by molar-refractivity contribution is -0.143. The molecule has 1 fully saturated rings. The Morgan fingerprint density at radius 3 is 3.21 bits per heavy atom. The highest BCUT2D eigenvalue weighted by Crippen LogP contribution is 2.29. The van der Waals surface area contributed by atoms with E-state index < -0.39 is 0 Å². The lowest BCUT2D eigenvalue weighted by Crippen LogP contribution is -2.35. The molecule has 0 amide bonds.